The molecule has 5 nitrogen and oxygen atoms in total. The molecule has 1 rings (SSSR count). The summed E-state index contributed by atoms with van der Waals surface area (Å²) in [6.45, 7) is 4.72. The average Bonchev–Trinajstić information content (AvgIpc) is 2.37. The number of para-hydroxylation sites is 1. The summed E-state index contributed by atoms with van der Waals surface area (Å²) in [5.41, 5.74) is 6.40. The molecular formula is C14H21N3O2S. The lowest BCUT2D eigenvalue weighted by Crippen LogP contribution is -2.40. The van der Waals surface area contributed by atoms with Crippen molar-refractivity contribution in [3.05, 3.63) is 24.3 Å². The maximum Gasteiger partial charge on any atom is 0.321 e. The number of anilines is 1. The first-order valence-corrected chi connectivity index (χ1v) is 7.52. The lowest BCUT2D eigenvalue weighted by molar-refractivity contribution is -0.117. The molecule has 0 saturated heterocycles. The van der Waals surface area contributed by atoms with Gasteiger partial charge < -0.3 is 11.1 Å². The molecule has 0 aliphatic heterocycles. The lowest BCUT2D eigenvalue weighted by atomic mass is 10.1. The second kappa shape index (κ2) is 8.47. The normalized spacial score (nSPS) is 10.3. The van der Waals surface area contributed by atoms with Gasteiger partial charge in [0.25, 0.3) is 0 Å². The number of hydrogen-bond donors (Lipinski definition) is 3. The number of rotatable bonds is 6. The maximum atomic E-state index is 11.6. The highest BCUT2D eigenvalue weighted by atomic mass is 32.2. The zero-order valence-electron chi connectivity index (χ0n) is 11.8. The minimum Gasteiger partial charge on any atom is -0.398 e. The number of nitrogens with one attached hydrogen (secondary N) is 2. The second-order valence-electron chi connectivity index (χ2n) is 4.81. The van der Waals surface area contributed by atoms with Gasteiger partial charge in [-0.05, 0) is 24.5 Å². The number of hydrogen-bond acceptors (Lipinski definition) is 4. The quantitative estimate of drug-likeness (QED) is 0.555. The molecule has 3 amide bonds. The number of nitrogens with two attached hydrogens (primary N) is 1. The lowest BCUT2D eigenvalue weighted by Gasteiger charge is -2.08. The molecule has 6 heteroatoms. The monoisotopic (exact) mass is 295 g/mol. The molecule has 0 fully saturated rings. The first kappa shape index (κ1) is 16.4. The molecule has 0 saturated carbocycles. The van der Waals surface area contributed by atoms with Gasteiger partial charge in [-0.2, -0.15) is 0 Å². The van der Waals surface area contributed by atoms with Crippen LogP contribution in [-0.4, -0.2) is 24.2 Å². The number of amides is 3. The van der Waals surface area contributed by atoms with Gasteiger partial charge in [0.1, 0.15) is 0 Å². The van der Waals surface area contributed by atoms with Gasteiger partial charge in [0.2, 0.25) is 5.91 Å². The fraction of sp³-hybridized carbons (Fsp3) is 0.429. The van der Waals surface area contributed by atoms with Crippen LogP contribution in [0.3, 0.4) is 0 Å². The topological polar surface area (TPSA) is 84.2 Å². The molecule has 0 atom stereocenters. The summed E-state index contributed by atoms with van der Waals surface area (Å²) in [7, 11) is 0. The van der Waals surface area contributed by atoms with Gasteiger partial charge in [0, 0.05) is 17.1 Å². The largest absolute Gasteiger partial charge is 0.398 e. The fourth-order valence-electron chi connectivity index (χ4n) is 1.44. The van der Waals surface area contributed by atoms with Crippen molar-refractivity contribution in [2.75, 3.05) is 18.0 Å². The van der Waals surface area contributed by atoms with Crippen LogP contribution in [0.5, 0.6) is 0 Å². The van der Waals surface area contributed by atoms with Crippen LogP contribution in [0, 0.1) is 5.92 Å². The van der Waals surface area contributed by atoms with E-state index in [1.165, 1.54) is 11.8 Å². The zero-order valence-corrected chi connectivity index (χ0v) is 12.6. The Morgan fingerprint density at radius 2 is 2.00 bits per heavy atom. The van der Waals surface area contributed by atoms with Gasteiger partial charge in [-0.1, -0.05) is 26.0 Å². The van der Waals surface area contributed by atoms with Gasteiger partial charge >= 0.3 is 6.03 Å². The number of carbonyl (C=O) groups excluding carboxylic acids is 2. The van der Waals surface area contributed by atoms with E-state index in [9.17, 15) is 9.59 Å². The highest BCUT2D eigenvalue weighted by Crippen LogP contribution is 2.23. The summed E-state index contributed by atoms with van der Waals surface area (Å²) in [5.74, 6) is 0.342. The third-order valence-corrected chi connectivity index (χ3v) is 3.63. The van der Waals surface area contributed by atoms with Gasteiger partial charge in [-0.15, -0.1) is 11.8 Å². The van der Waals surface area contributed by atoms with Crippen molar-refractivity contribution in [1.29, 1.82) is 0 Å². The van der Waals surface area contributed by atoms with E-state index < -0.39 is 6.03 Å². The number of urea groups is 1. The van der Waals surface area contributed by atoms with Crippen LogP contribution < -0.4 is 16.4 Å². The average molecular weight is 295 g/mol. The molecule has 0 unspecified atom stereocenters. The van der Waals surface area contributed by atoms with Crippen molar-refractivity contribution < 1.29 is 9.59 Å². The minimum atomic E-state index is -0.447. The summed E-state index contributed by atoms with van der Waals surface area (Å²) in [4.78, 5) is 23.9. The molecule has 1 aromatic rings. The Kier molecular flexibility index (Phi) is 6.93. The van der Waals surface area contributed by atoms with Gasteiger partial charge in [-0.25, -0.2) is 4.79 Å². The molecule has 0 aliphatic rings. The minimum absolute atomic E-state index is 0.159. The third-order valence-electron chi connectivity index (χ3n) is 2.54. The smallest absolute Gasteiger partial charge is 0.321 e. The van der Waals surface area contributed by atoms with E-state index in [0.717, 1.165) is 11.3 Å². The molecule has 110 valence electrons. The molecule has 20 heavy (non-hydrogen) atoms. The molecule has 0 aromatic heterocycles. The van der Waals surface area contributed by atoms with E-state index in [4.69, 9.17) is 5.73 Å². The molecule has 0 bridgehead atoms. The van der Waals surface area contributed by atoms with E-state index in [0.29, 0.717) is 18.2 Å². The number of thioether (sulfide) groups is 1. The highest BCUT2D eigenvalue weighted by Gasteiger charge is 2.08. The van der Waals surface area contributed by atoms with E-state index in [1.54, 1.807) is 6.07 Å². The zero-order chi connectivity index (χ0) is 15.0. The maximum absolute atomic E-state index is 11.6. The highest BCUT2D eigenvalue weighted by molar-refractivity contribution is 8.00. The van der Waals surface area contributed by atoms with E-state index in [-0.39, 0.29) is 11.7 Å². The van der Waals surface area contributed by atoms with E-state index in [1.807, 2.05) is 18.2 Å². The first-order chi connectivity index (χ1) is 9.49. The van der Waals surface area contributed by atoms with Gasteiger partial charge in [0.05, 0.1) is 5.75 Å². The Bertz CT molecular complexity index is 463. The molecule has 0 aliphatic carbocycles. The Hall–Kier alpha value is -1.69. The van der Waals surface area contributed by atoms with Crippen LogP contribution >= 0.6 is 11.8 Å². The van der Waals surface area contributed by atoms with Crippen LogP contribution in [-0.2, 0) is 4.79 Å². The molecule has 0 heterocycles. The van der Waals surface area contributed by atoms with Crippen molar-refractivity contribution in [3.8, 4) is 0 Å². The van der Waals surface area contributed by atoms with E-state index in [2.05, 4.69) is 24.5 Å². The number of benzene rings is 1. The first-order valence-electron chi connectivity index (χ1n) is 6.54. The van der Waals surface area contributed by atoms with Crippen LogP contribution in [0.2, 0.25) is 0 Å². The Labute approximate surface area is 123 Å². The van der Waals surface area contributed by atoms with Crippen LogP contribution in [0.4, 0.5) is 10.5 Å². The molecule has 0 spiro atoms. The Morgan fingerprint density at radius 3 is 2.65 bits per heavy atom. The summed E-state index contributed by atoms with van der Waals surface area (Å²) < 4.78 is 0. The predicted octanol–water partition coefficient (Wildman–Crippen LogP) is 2.23. The van der Waals surface area contributed by atoms with Crippen LogP contribution in [0.25, 0.3) is 0 Å². The number of carbonyl (C=O) groups is 2. The summed E-state index contributed by atoms with van der Waals surface area (Å²) >= 11 is 1.31. The van der Waals surface area contributed by atoms with Crippen molar-refractivity contribution in [2.24, 2.45) is 5.92 Å². The van der Waals surface area contributed by atoms with Crippen LogP contribution in [0.15, 0.2) is 29.2 Å². The molecule has 0 radical (unpaired) electrons. The van der Waals surface area contributed by atoms with Gasteiger partial charge in [0.15, 0.2) is 0 Å². The third kappa shape index (κ3) is 6.47. The predicted molar refractivity (Wildman–Crippen MR) is 82.6 cm³/mol. The fourth-order valence-corrected chi connectivity index (χ4v) is 2.20. The van der Waals surface area contributed by atoms with Crippen molar-refractivity contribution in [2.45, 2.75) is 25.2 Å². The van der Waals surface area contributed by atoms with Crippen molar-refractivity contribution >= 4 is 29.4 Å². The number of imide groups is 1. The Balaban J connectivity index is 2.26. The number of nitrogen functional groups attached to an aromatic ring is 1. The molecule has 1 aromatic carbocycles. The molecular weight excluding hydrogens is 274 g/mol. The summed E-state index contributed by atoms with van der Waals surface area (Å²) in [6, 6.07) is 6.86. The standard InChI is InChI=1S/C14H21N3O2S/c1-10(2)7-8-16-14(19)17-13(18)9-20-12-6-4-3-5-11(12)15/h3-6,10H,7-9,15H2,1-2H3,(H2,16,17,18,19). The Morgan fingerprint density at radius 1 is 1.30 bits per heavy atom. The molecule has 4 N–H and O–H groups in total. The van der Waals surface area contributed by atoms with Crippen molar-refractivity contribution in [3.63, 3.8) is 0 Å². The van der Waals surface area contributed by atoms with Crippen molar-refractivity contribution in [1.82, 2.24) is 10.6 Å². The summed E-state index contributed by atoms with van der Waals surface area (Å²) in [6.07, 6.45) is 0.886. The van der Waals surface area contributed by atoms with E-state index >= 15 is 0 Å². The van der Waals surface area contributed by atoms with Crippen LogP contribution in [0.1, 0.15) is 20.3 Å². The SMILES string of the molecule is CC(C)CCNC(=O)NC(=O)CSc1ccccc1N. The van der Waals surface area contributed by atoms with Gasteiger partial charge in [-0.3, -0.25) is 10.1 Å². The second-order valence-corrected chi connectivity index (χ2v) is 5.83. The summed E-state index contributed by atoms with van der Waals surface area (Å²) in [5, 5.41) is 4.94.